The number of carbonyl (C=O) groups is 1. The van der Waals surface area contributed by atoms with Crippen LogP contribution in [0.2, 0.25) is 0 Å². The molecule has 1 aliphatic carbocycles. The summed E-state index contributed by atoms with van der Waals surface area (Å²) in [5.74, 6) is 0.504. The number of aliphatic hydroxyl groups excluding tert-OH is 1. The molecule has 0 aromatic heterocycles. The first-order valence-corrected chi connectivity index (χ1v) is 7.28. The van der Waals surface area contributed by atoms with Crippen molar-refractivity contribution in [2.75, 3.05) is 19.7 Å². The minimum absolute atomic E-state index is 0.00344. The van der Waals surface area contributed by atoms with Gasteiger partial charge in [-0.05, 0) is 38.0 Å². The fourth-order valence-electron chi connectivity index (χ4n) is 3.41. The molecule has 4 nitrogen and oxygen atoms in total. The molecule has 19 heavy (non-hydrogen) atoms. The smallest absolute Gasteiger partial charge is 0.243 e. The van der Waals surface area contributed by atoms with Gasteiger partial charge in [-0.3, -0.25) is 4.79 Å². The lowest BCUT2D eigenvalue weighted by molar-refractivity contribution is -0.139. The Hall–Kier alpha value is -1.08. The van der Waals surface area contributed by atoms with Gasteiger partial charge in [-0.1, -0.05) is 13.8 Å². The number of rotatable bonds is 4. The summed E-state index contributed by atoms with van der Waals surface area (Å²) >= 11 is 0. The molecule has 0 radical (unpaired) electrons. The number of nitriles is 1. The van der Waals surface area contributed by atoms with Gasteiger partial charge >= 0.3 is 0 Å². The molecule has 0 aromatic rings. The molecule has 1 N–H and O–H groups in total. The van der Waals surface area contributed by atoms with Gasteiger partial charge in [0.05, 0.1) is 12.7 Å². The Kier molecular flexibility index (Phi) is 3.87. The number of piperidine rings is 1. The van der Waals surface area contributed by atoms with Crippen LogP contribution in [-0.4, -0.2) is 35.6 Å². The average Bonchev–Trinajstić information content (AvgIpc) is 3.18. The van der Waals surface area contributed by atoms with E-state index in [1.807, 2.05) is 4.90 Å². The first kappa shape index (κ1) is 14.3. The zero-order valence-corrected chi connectivity index (χ0v) is 12.0. The fraction of sp³-hybridized carbons (Fsp3) is 0.867. The van der Waals surface area contributed by atoms with Crippen LogP contribution in [0.4, 0.5) is 0 Å². The molecule has 1 saturated carbocycles. The lowest BCUT2D eigenvalue weighted by Crippen LogP contribution is -2.50. The Morgan fingerprint density at radius 3 is 2.58 bits per heavy atom. The lowest BCUT2D eigenvalue weighted by Gasteiger charge is -2.43. The summed E-state index contributed by atoms with van der Waals surface area (Å²) in [5, 5.41) is 18.9. The van der Waals surface area contributed by atoms with Crippen molar-refractivity contribution in [3.63, 3.8) is 0 Å². The first-order valence-electron chi connectivity index (χ1n) is 7.28. The highest BCUT2D eigenvalue weighted by molar-refractivity contribution is 5.88. The number of carbonyl (C=O) groups excluding carboxylic acids is 1. The molecule has 0 spiro atoms. The Balaban J connectivity index is 2.08. The maximum atomic E-state index is 12.4. The van der Waals surface area contributed by atoms with Crippen LogP contribution in [0.3, 0.4) is 0 Å². The van der Waals surface area contributed by atoms with Gasteiger partial charge in [0.2, 0.25) is 5.91 Å². The molecule has 1 amide bonds. The predicted octanol–water partition coefficient (Wildman–Crippen LogP) is 1.94. The van der Waals surface area contributed by atoms with Crippen molar-refractivity contribution in [1.29, 1.82) is 5.26 Å². The molecule has 1 aliphatic heterocycles. The van der Waals surface area contributed by atoms with Gasteiger partial charge in [-0.15, -0.1) is 0 Å². The highest BCUT2D eigenvalue weighted by atomic mass is 16.3. The highest BCUT2D eigenvalue weighted by Gasteiger charge is 2.53. The molecule has 4 heteroatoms. The van der Waals surface area contributed by atoms with E-state index in [4.69, 9.17) is 5.26 Å². The number of hydrogen-bond donors (Lipinski definition) is 1. The molecule has 2 rings (SSSR count). The number of nitrogens with zero attached hydrogens (tertiary/aromatic N) is 2. The summed E-state index contributed by atoms with van der Waals surface area (Å²) in [4.78, 5) is 14.3. The Labute approximate surface area is 115 Å². The van der Waals surface area contributed by atoms with Gasteiger partial charge in [0.25, 0.3) is 0 Å². The molecule has 1 saturated heterocycles. The van der Waals surface area contributed by atoms with Gasteiger partial charge < -0.3 is 10.0 Å². The van der Waals surface area contributed by atoms with Crippen molar-refractivity contribution in [2.45, 2.75) is 46.0 Å². The molecular weight excluding hydrogens is 240 g/mol. The monoisotopic (exact) mass is 264 g/mol. The van der Waals surface area contributed by atoms with E-state index in [1.54, 1.807) is 0 Å². The maximum Gasteiger partial charge on any atom is 0.243 e. The average molecular weight is 264 g/mol. The number of hydrogen-bond acceptors (Lipinski definition) is 3. The topological polar surface area (TPSA) is 64.3 Å². The van der Waals surface area contributed by atoms with Crippen LogP contribution < -0.4 is 0 Å². The minimum Gasteiger partial charge on any atom is -0.396 e. The van der Waals surface area contributed by atoms with Crippen LogP contribution >= 0.6 is 0 Å². The normalized spacial score (nSPS) is 29.1. The van der Waals surface area contributed by atoms with Crippen molar-refractivity contribution < 1.29 is 9.90 Å². The van der Waals surface area contributed by atoms with E-state index < -0.39 is 5.41 Å². The van der Waals surface area contributed by atoms with Gasteiger partial charge in [0.15, 0.2) is 0 Å². The maximum absolute atomic E-state index is 12.4. The van der Waals surface area contributed by atoms with Crippen molar-refractivity contribution in [1.82, 2.24) is 4.90 Å². The molecule has 0 aromatic carbocycles. The standard InChI is InChI=1S/C15H24N2O2/c1-12(2)8-14(11-18)4-3-7-17(10-14)13(19)15(9-16)5-6-15/h12,18H,3-8,10-11H2,1-2H3. The number of likely N-dealkylation sites (tertiary alicyclic amines) is 1. The third-order valence-corrected chi connectivity index (χ3v) is 4.50. The van der Waals surface area contributed by atoms with E-state index in [-0.39, 0.29) is 17.9 Å². The van der Waals surface area contributed by atoms with E-state index >= 15 is 0 Å². The molecule has 0 bridgehead atoms. The Bertz CT molecular complexity index is 395. The summed E-state index contributed by atoms with van der Waals surface area (Å²) in [6, 6.07) is 2.18. The molecule has 106 valence electrons. The molecule has 2 aliphatic rings. The SMILES string of the molecule is CC(C)CC1(CO)CCCN(C(=O)C2(C#N)CC2)C1. The van der Waals surface area contributed by atoms with E-state index in [0.29, 0.717) is 25.3 Å². The second-order valence-electron chi connectivity index (χ2n) is 6.78. The van der Waals surface area contributed by atoms with E-state index in [2.05, 4.69) is 19.9 Å². The van der Waals surface area contributed by atoms with Gasteiger partial charge in [-0.2, -0.15) is 5.26 Å². The first-order chi connectivity index (χ1) is 8.97. The number of aliphatic hydroxyl groups is 1. The largest absolute Gasteiger partial charge is 0.396 e. The fourth-order valence-corrected chi connectivity index (χ4v) is 3.41. The second-order valence-corrected chi connectivity index (χ2v) is 6.78. The summed E-state index contributed by atoms with van der Waals surface area (Å²) in [6.07, 6.45) is 4.25. The highest BCUT2D eigenvalue weighted by Crippen LogP contribution is 2.48. The summed E-state index contributed by atoms with van der Waals surface area (Å²) in [6.45, 7) is 5.78. The van der Waals surface area contributed by atoms with Crippen LogP contribution in [0.25, 0.3) is 0 Å². The molecule has 1 unspecified atom stereocenters. The summed E-state index contributed by atoms with van der Waals surface area (Å²) in [5.41, 5.74) is -0.885. The van der Waals surface area contributed by atoms with Crippen molar-refractivity contribution >= 4 is 5.91 Å². The van der Waals surface area contributed by atoms with Crippen LogP contribution in [0, 0.1) is 28.1 Å². The molecule has 2 fully saturated rings. The van der Waals surface area contributed by atoms with Gasteiger partial charge in [0, 0.05) is 18.5 Å². The third-order valence-electron chi connectivity index (χ3n) is 4.50. The van der Waals surface area contributed by atoms with Crippen LogP contribution in [0.1, 0.15) is 46.0 Å². The molecule has 1 heterocycles. The molecule has 1 atom stereocenters. The van der Waals surface area contributed by atoms with E-state index in [1.165, 1.54) is 0 Å². The van der Waals surface area contributed by atoms with Gasteiger partial charge in [0.1, 0.15) is 5.41 Å². The second kappa shape index (κ2) is 5.13. The predicted molar refractivity (Wildman–Crippen MR) is 72.1 cm³/mol. The Morgan fingerprint density at radius 1 is 1.42 bits per heavy atom. The van der Waals surface area contributed by atoms with E-state index in [9.17, 15) is 9.90 Å². The minimum atomic E-state index is -0.726. The van der Waals surface area contributed by atoms with Crippen LogP contribution in [0.5, 0.6) is 0 Å². The van der Waals surface area contributed by atoms with Crippen LogP contribution in [0.15, 0.2) is 0 Å². The number of amides is 1. The third kappa shape index (κ3) is 2.76. The van der Waals surface area contributed by atoms with E-state index in [0.717, 1.165) is 25.8 Å². The zero-order chi connectivity index (χ0) is 14.1. The molecular formula is C15H24N2O2. The Morgan fingerprint density at radius 2 is 2.11 bits per heavy atom. The van der Waals surface area contributed by atoms with Crippen LogP contribution in [-0.2, 0) is 4.79 Å². The summed E-state index contributed by atoms with van der Waals surface area (Å²) in [7, 11) is 0. The van der Waals surface area contributed by atoms with Crippen molar-refractivity contribution in [3.05, 3.63) is 0 Å². The van der Waals surface area contributed by atoms with Crippen molar-refractivity contribution in [2.24, 2.45) is 16.7 Å². The summed E-state index contributed by atoms with van der Waals surface area (Å²) < 4.78 is 0. The quantitative estimate of drug-likeness (QED) is 0.844. The zero-order valence-electron chi connectivity index (χ0n) is 12.0. The lowest BCUT2D eigenvalue weighted by atomic mass is 9.74. The van der Waals surface area contributed by atoms with Crippen molar-refractivity contribution in [3.8, 4) is 6.07 Å². The van der Waals surface area contributed by atoms with Gasteiger partial charge in [-0.25, -0.2) is 0 Å².